The van der Waals surface area contributed by atoms with Gasteiger partial charge < -0.3 is 10.1 Å². The second-order valence-electron chi connectivity index (χ2n) is 4.63. The first kappa shape index (κ1) is 15.1. The fraction of sp³-hybridized carbons (Fsp3) is 0.294. The third-order valence-electron chi connectivity index (χ3n) is 3.19. The van der Waals surface area contributed by atoms with Gasteiger partial charge in [-0.15, -0.1) is 0 Å². The lowest BCUT2D eigenvalue weighted by Gasteiger charge is -2.17. The Bertz CT molecular complexity index is 498. The minimum Gasteiger partial charge on any atom is -0.492 e. The van der Waals surface area contributed by atoms with Gasteiger partial charge in [0.25, 0.3) is 0 Å². The van der Waals surface area contributed by atoms with Crippen molar-refractivity contribution in [3.63, 3.8) is 0 Å². The van der Waals surface area contributed by atoms with Crippen molar-refractivity contribution in [3.8, 4) is 5.75 Å². The number of benzene rings is 2. The molecule has 0 aliphatic heterocycles. The second-order valence-corrected chi connectivity index (χ2v) is 5.54. The highest BCUT2D eigenvalue weighted by molar-refractivity contribution is 9.10. The minimum absolute atomic E-state index is 0.377. The van der Waals surface area contributed by atoms with Gasteiger partial charge >= 0.3 is 0 Å². The summed E-state index contributed by atoms with van der Waals surface area (Å²) in [6.45, 7) is 3.71. The zero-order chi connectivity index (χ0) is 14.2. The summed E-state index contributed by atoms with van der Waals surface area (Å²) in [6.07, 6.45) is 1.06. The summed E-state index contributed by atoms with van der Waals surface area (Å²) in [4.78, 5) is 0. The molecule has 0 radical (unpaired) electrons. The van der Waals surface area contributed by atoms with Gasteiger partial charge in [0.2, 0.25) is 0 Å². The summed E-state index contributed by atoms with van der Waals surface area (Å²) in [5.74, 6) is 0.922. The summed E-state index contributed by atoms with van der Waals surface area (Å²) in [7, 11) is 0. The van der Waals surface area contributed by atoms with Gasteiger partial charge in [-0.2, -0.15) is 0 Å². The number of hydrogen-bond donors (Lipinski definition) is 1. The van der Waals surface area contributed by atoms with Crippen LogP contribution < -0.4 is 10.1 Å². The number of para-hydroxylation sites is 1. The Balaban J connectivity index is 1.78. The molecule has 0 spiro atoms. The third kappa shape index (κ3) is 4.66. The van der Waals surface area contributed by atoms with Gasteiger partial charge in [0, 0.05) is 17.1 Å². The van der Waals surface area contributed by atoms with Crippen LogP contribution in [-0.4, -0.2) is 13.2 Å². The standard InChI is InChI=1S/C17H20BrNO/c1-2-17(14-8-10-15(18)11-9-14)19-12-13-20-16-6-4-3-5-7-16/h3-11,17,19H,2,12-13H2,1H3. The molecule has 1 N–H and O–H groups in total. The van der Waals surface area contributed by atoms with Gasteiger partial charge in [0.1, 0.15) is 12.4 Å². The smallest absolute Gasteiger partial charge is 0.119 e. The lowest BCUT2D eigenvalue weighted by atomic mass is 10.1. The Hall–Kier alpha value is -1.32. The highest BCUT2D eigenvalue weighted by Crippen LogP contribution is 2.19. The van der Waals surface area contributed by atoms with Crippen molar-refractivity contribution in [2.24, 2.45) is 0 Å². The third-order valence-corrected chi connectivity index (χ3v) is 3.71. The van der Waals surface area contributed by atoms with Crippen LogP contribution in [0.1, 0.15) is 24.9 Å². The van der Waals surface area contributed by atoms with Gasteiger partial charge in [0.05, 0.1) is 0 Å². The van der Waals surface area contributed by atoms with Crippen molar-refractivity contribution >= 4 is 15.9 Å². The molecule has 0 aromatic heterocycles. The van der Waals surface area contributed by atoms with E-state index in [4.69, 9.17) is 4.74 Å². The summed E-state index contributed by atoms with van der Waals surface area (Å²) < 4.78 is 6.80. The Morgan fingerprint density at radius 1 is 1.05 bits per heavy atom. The first-order chi connectivity index (χ1) is 9.79. The van der Waals surface area contributed by atoms with Gasteiger partial charge in [-0.1, -0.05) is 53.2 Å². The van der Waals surface area contributed by atoms with Crippen molar-refractivity contribution in [3.05, 3.63) is 64.6 Å². The van der Waals surface area contributed by atoms with Crippen molar-refractivity contribution in [2.45, 2.75) is 19.4 Å². The number of ether oxygens (including phenoxy) is 1. The maximum Gasteiger partial charge on any atom is 0.119 e. The second kappa shape index (κ2) is 8.08. The molecule has 0 aliphatic rings. The lowest BCUT2D eigenvalue weighted by molar-refractivity contribution is 0.304. The molecule has 3 heteroatoms. The van der Waals surface area contributed by atoms with E-state index in [0.717, 1.165) is 23.2 Å². The van der Waals surface area contributed by atoms with Crippen LogP contribution in [0.5, 0.6) is 5.75 Å². The molecule has 0 amide bonds. The molecule has 0 heterocycles. The molecule has 0 saturated carbocycles. The Labute approximate surface area is 129 Å². The number of rotatable bonds is 7. The molecule has 1 atom stereocenters. The van der Waals surface area contributed by atoms with E-state index in [1.165, 1.54) is 5.56 Å². The van der Waals surface area contributed by atoms with Gasteiger partial charge in [0.15, 0.2) is 0 Å². The minimum atomic E-state index is 0.377. The molecule has 1 unspecified atom stereocenters. The van der Waals surface area contributed by atoms with Gasteiger partial charge in [-0.05, 0) is 36.2 Å². The van der Waals surface area contributed by atoms with E-state index in [1.54, 1.807) is 0 Å². The molecule has 106 valence electrons. The molecule has 0 saturated heterocycles. The van der Waals surface area contributed by atoms with Crippen molar-refractivity contribution in [1.82, 2.24) is 5.32 Å². The zero-order valence-corrected chi connectivity index (χ0v) is 13.3. The maximum atomic E-state index is 5.69. The molecule has 2 aromatic carbocycles. The van der Waals surface area contributed by atoms with Crippen LogP contribution in [0.4, 0.5) is 0 Å². The van der Waals surface area contributed by atoms with E-state index in [-0.39, 0.29) is 0 Å². The van der Waals surface area contributed by atoms with Gasteiger partial charge in [-0.25, -0.2) is 0 Å². The van der Waals surface area contributed by atoms with E-state index in [1.807, 2.05) is 30.3 Å². The first-order valence-electron chi connectivity index (χ1n) is 6.96. The Morgan fingerprint density at radius 2 is 1.75 bits per heavy atom. The van der Waals surface area contributed by atoms with Crippen LogP contribution in [0, 0.1) is 0 Å². The molecule has 2 rings (SSSR count). The molecule has 2 nitrogen and oxygen atoms in total. The molecular weight excluding hydrogens is 314 g/mol. The summed E-state index contributed by atoms with van der Waals surface area (Å²) in [5, 5.41) is 3.54. The SMILES string of the molecule is CCC(NCCOc1ccccc1)c1ccc(Br)cc1. The highest BCUT2D eigenvalue weighted by Gasteiger charge is 2.07. The van der Waals surface area contributed by atoms with Crippen LogP contribution >= 0.6 is 15.9 Å². The zero-order valence-electron chi connectivity index (χ0n) is 11.7. The number of halogens is 1. The maximum absolute atomic E-state index is 5.69. The van der Waals surface area contributed by atoms with Crippen molar-refractivity contribution in [1.29, 1.82) is 0 Å². The lowest BCUT2D eigenvalue weighted by Crippen LogP contribution is -2.25. The fourth-order valence-corrected chi connectivity index (χ4v) is 2.38. The van der Waals surface area contributed by atoms with Crippen LogP contribution in [0.25, 0.3) is 0 Å². The highest BCUT2D eigenvalue weighted by atomic mass is 79.9. The molecule has 2 aromatic rings. The van der Waals surface area contributed by atoms with Crippen LogP contribution in [0.15, 0.2) is 59.1 Å². The molecule has 20 heavy (non-hydrogen) atoms. The van der Waals surface area contributed by atoms with Crippen molar-refractivity contribution < 1.29 is 4.74 Å². The van der Waals surface area contributed by atoms with E-state index in [0.29, 0.717) is 12.6 Å². The largest absolute Gasteiger partial charge is 0.492 e. The molecule has 0 aliphatic carbocycles. The van der Waals surface area contributed by atoms with E-state index in [9.17, 15) is 0 Å². The predicted molar refractivity (Wildman–Crippen MR) is 87.1 cm³/mol. The number of nitrogens with one attached hydrogen (secondary N) is 1. The van der Waals surface area contributed by atoms with Gasteiger partial charge in [-0.3, -0.25) is 0 Å². The van der Waals surface area contributed by atoms with E-state index >= 15 is 0 Å². The van der Waals surface area contributed by atoms with Crippen LogP contribution in [0.3, 0.4) is 0 Å². The summed E-state index contributed by atoms with van der Waals surface area (Å²) in [5.41, 5.74) is 1.32. The van der Waals surface area contributed by atoms with Crippen LogP contribution in [0.2, 0.25) is 0 Å². The Kier molecular flexibility index (Phi) is 6.09. The first-order valence-corrected chi connectivity index (χ1v) is 7.75. The topological polar surface area (TPSA) is 21.3 Å². The van der Waals surface area contributed by atoms with E-state index in [2.05, 4.69) is 52.4 Å². The molecule has 0 fully saturated rings. The van der Waals surface area contributed by atoms with Crippen LogP contribution in [-0.2, 0) is 0 Å². The normalized spacial score (nSPS) is 12.1. The molecule has 0 bridgehead atoms. The summed E-state index contributed by atoms with van der Waals surface area (Å²) >= 11 is 3.47. The quantitative estimate of drug-likeness (QED) is 0.749. The number of hydrogen-bond acceptors (Lipinski definition) is 2. The summed E-state index contributed by atoms with van der Waals surface area (Å²) in [6, 6.07) is 18.8. The van der Waals surface area contributed by atoms with Crippen molar-refractivity contribution in [2.75, 3.05) is 13.2 Å². The fourth-order valence-electron chi connectivity index (χ4n) is 2.11. The average molecular weight is 334 g/mol. The van der Waals surface area contributed by atoms with E-state index < -0.39 is 0 Å². The molecular formula is C17H20BrNO. The monoisotopic (exact) mass is 333 g/mol. The average Bonchev–Trinajstić information content (AvgIpc) is 2.50. The predicted octanol–water partition coefficient (Wildman–Crippen LogP) is 4.57. The Morgan fingerprint density at radius 3 is 2.40 bits per heavy atom.